The number of aryl methyl sites for hydroxylation is 1. The van der Waals surface area contributed by atoms with Crippen molar-refractivity contribution in [3.63, 3.8) is 0 Å². The number of benzene rings is 1. The average molecular weight is 344 g/mol. The van der Waals surface area contributed by atoms with Gasteiger partial charge in [-0.1, -0.05) is 12.1 Å². The fraction of sp³-hybridized carbons (Fsp3) is 0.353. The molecule has 3 rings (SSSR count). The Kier molecular flexibility index (Phi) is 4.80. The van der Waals surface area contributed by atoms with Crippen LogP contribution < -0.4 is 16.0 Å². The summed E-state index contributed by atoms with van der Waals surface area (Å²) in [5.41, 5.74) is 3.82. The Bertz CT molecular complexity index is 772. The van der Waals surface area contributed by atoms with E-state index in [1.807, 2.05) is 37.4 Å². The van der Waals surface area contributed by atoms with Crippen molar-refractivity contribution in [2.75, 3.05) is 11.9 Å². The summed E-state index contributed by atoms with van der Waals surface area (Å²) in [6.45, 7) is 4.44. The third-order valence-corrected chi connectivity index (χ3v) is 4.76. The van der Waals surface area contributed by atoms with Gasteiger partial charge in [0.15, 0.2) is 0 Å². The summed E-state index contributed by atoms with van der Waals surface area (Å²) in [5.74, 6) is 0.0118. The number of urea groups is 1. The lowest BCUT2D eigenvalue weighted by Crippen LogP contribution is -2.38. The molecule has 0 saturated carbocycles. The summed E-state index contributed by atoms with van der Waals surface area (Å²) < 4.78 is 0. The molecule has 1 aliphatic rings. The van der Waals surface area contributed by atoms with Crippen molar-refractivity contribution in [3.8, 4) is 0 Å². The van der Waals surface area contributed by atoms with E-state index in [0.717, 1.165) is 33.9 Å². The van der Waals surface area contributed by atoms with Crippen LogP contribution in [0.15, 0.2) is 23.6 Å². The van der Waals surface area contributed by atoms with Gasteiger partial charge in [0, 0.05) is 24.0 Å². The van der Waals surface area contributed by atoms with Gasteiger partial charge in [0.1, 0.15) is 0 Å². The summed E-state index contributed by atoms with van der Waals surface area (Å²) in [6, 6.07) is 5.44. The highest BCUT2D eigenvalue weighted by Gasteiger charge is 2.19. The van der Waals surface area contributed by atoms with Crippen LogP contribution in [0.4, 0.5) is 10.5 Å². The van der Waals surface area contributed by atoms with Crippen molar-refractivity contribution in [1.82, 2.24) is 15.6 Å². The third-order valence-electron chi connectivity index (χ3n) is 3.94. The minimum absolute atomic E-state index is 0.0118. The van der Waals surface area contributed by atoms with Gasteiger partial charge in [-0.05, 0) is 31.0 Å². The Morgan fingerprint density at radius 1 is 1.46 bits per heavy atom. The number of carbonyl (C=O) groups is 2. The summed E-state index contributed by atoms with van der Waals surface area (Å²) in [6.07, 6.45) is 1.12. The van der Waals surface area contributed by atoms with Crippen LogP contribution in [0.5, 0.6) is 0 Å². The quantitative estimate of drug-likeness (QED) is 0.779. The summed E-state index contributed by atoms with van der Waals surface area (Å²) in [4.78, 5) is 27.8. The maximum absolute atomic E-state index is 12.0. The van der Waals surface area contributed by atoms with Gasteiger partial charge in [0.2, 0.25) is 5.91 Å². The summed E-state index contributed by atoms with van der Waals surface area (Å²) in [7, 11) is 0. The Morgan fingerprint density at radius 3 is 3.04 bits per heavy atom. The summed E-state index contributed by atoms with van der Waals surface area (Å²) in [5, 5.41) is 11.6. The molecule has 1 aliphatic heterocycles. The molecule has 7 heteroatoms. The Labute approximate surface area is 144 Å². The third kappa shape index (κ3) is 3.91. The summed E-state index contributed by atoms with van der Waals surface area (Å²) >= 11 is 1.61. The SMILES string of the molecule is Cc1nc(CCNC(=O)N[C@@H](C)c2ccc3c(c2)CC(=O)N3)cs1. The molecule has 2 heterocycles. The molecule has 0 spiro atoms. The van der Waals surface area contributed by atoms with Crippen molar-refractivity contribution in [1.29, 1.82) is 0 Å². The molecule has 3 N–H and O–H groups in total. The van der Waals surface area contributed by atoms with E-state index in [9.17, 15) is 9.59 Å². The van der Waals surface area contributed by atoms with E-state index in [1.165, 1.54) is 0 Å². The molecular formula is C17H20N4O2S. The predicted octanol–water partition coefficient (Wildman–Crippen LogP) is 2.55. The Balaban J connectivity index is 1.49. The Hall–Kier alpha value is -2.41. The second kappa shape index (κ2) is 7.00. The number of hydrogen-bond donors (Lipinski definition) is 3. The lowest BCUT2D eigenvalue weighted by atomic mass is 10.0. The van der Waals surface area contributed by atoms with Gasteiger partial charge in [-0.25, -0.2) is 9.78 Å². The van der Waals surface area contributed by atoms with Gasteiger partial charge in [-0.2, -0.15) is 0 Å². The number of nitrogens with one attached hydrogen (secondary N) is 3. The average Bonchev–Trinajstić information content (AvgIpc) is 3.10. The number of aromatic nitrogens is 1. The molecule has 3 amide bonds. The van der Waals surface area contributed by atoms with Crippen LogP contribution in [0.3, 0.4) is 0 Å². The topological polar surface area (TPSA) is 83.1 Å². The number of amides is 3. The molecule has 0 aliphatic carbocycles. The van der Waals surface area contributed by atoms with E-state index >= 15 is 0 Å². The molecule has 0 radical (unpaired) electrons. The minimum atomic E-state index is -0.204. The van der Waals surface area contributed by atoms with Crippen molar-refractivity contribution >= 4 is 29.0 Å². The predicted molar refractivity (Wildman–Crippen MR) is 94.3 cm³/mol. The minimum Gasteiger partial charge on any atom is -0.338 e. The largest absolute Gasteiger partial charge is 0.338 e. The van der Waals surface area contributed by atoms with E-state index in [4.69, 9.17) is 0 Å². The van der Waals surface area contributed by atoms with Crippen molar-refractivity contribution in [3.05, 3.63) is 45.4 Å². The highest BCUT2D eigenvalue weighted by molar-refractivity contribution is 7.09. The van der Waals surface area contributed by atoms with Crippen molar-refractivity contribution < 1.29 is 9.59 Å². The standard InChI is InChI=1S/C17H20N4O2S/c1-10(12-3-4-15-13(7-12)8-16(22)21-15)19-17(23)18-6-5-14-9-24-11(2)20-14/h3-4,7,9-10H,5-6,8H2,1-2H3,(H,21,22)(H2,18,19,23)/t10-/m0/s1. The van der Waals surface area contributed by atoms with E-state index in [-0.39, 0.29) is 18.0 Å². The maximum Gasteiger partial charge on any atom is 0.315 e. The number of anilines is 1. The molecule has 0 unspecified atom stereocenters. The molecular weight excluding hydrogens is 324 g/mol. The highest BCUT2D eigenvalue weighted by Crippen LogP contribution is 2.26. The van der Waals surface area contributed by atoms with Crippen LogP contribution in [-0.4, -0.2) is 23.5 Å². The zero-order valence-electron chi connectivity index (χ0n) is 13.7. The molecule has 2 aromatic rings. The smallest absolute Gasteiger partial charge is 0.315 e. The van der Waals surface area contributed by atoms with Crippen LogP contribution in [0.25, 0.3) is 0 Å². The zero-order chi connectivity index (χ0) is 17.1. The molecule has 0 bridgehead atoms. The van der Waals surface area contributed by atoms with Crippen LogP contribution in [0.1, 0.15) is 34.8 Å². The molecule has 126 valence electrons. The zero-order valence-corrected chi connectivity index (χ0v) is 14.5. The van der Waals surface area contributed by atoms with Gasteiger partial charge in [0.05, 0.1) is 23.2 Å². The van der Waals surface area contributed by atoms with Gasteiger partial charge in [-0.15, -0.1) is 11.3 Å². The number of carbonyl (C=O) groups excluding carboxylic acids is 2. The lowest BCUT2D eigenvalue weighted by Gasteiger charge is -2.16. The number of fused-ring (bicyclic) bond motifs is 1. The van der Waals surface area contributed by atoms with Crippen molar-refractivity contribution in [2.24, 2.45) is 0 Å². The highest BCUT2D eigenvalue weighted by atomic mass is 32.1. The first kappa shape index (κ1) is 16.4. The first-order valence-electron chi connectivity index (χ1n) is 7.89. The number of hydrogen-bond acceptors (Lipinski definition) is 4. The molecule has 6 nitrogen and oxygen atoms in total. The van der Waals surface area contributed by atoms with Gasteiger partial charge >= 0.3 is 6.03 Å². The molecule has 1 aromatic carbocycles. The number of rotatable bonds is 5. The van der Waals surface area contributed by atoms with E-state index in [2.05, 4.69) is 20.9 Å². The number of nitrogens with zero attached hydrogens (tertiary/aromatic N) is 1. The maximum atomic E-state index is 12.0. The van der Waals surface area contributed by atoms with Gasteiger partial charge in [-0.3, -0.25) is 4.79 Å². The van der Waals surface area contributed by atoms with Crippen LogP contribution in [0.2, 0.25) is 0 Å². The Morgan fingerprint density at radius 2 is 2.29 bits per heavy atom. The fourth-order valence-electron chi connectivity index (χ4n) is 2.68. The first-order chi connectivity index (χ1) is 11.5. The molecule has 0 saturated heterocycles. The number of thiazole rings is 1. The fourth-order valence-corrected chi connectivity index (χ4v) is 3.32. The second-order valence-electron chi connectivity index (χ2n) is 5.87. The van der Waals surface area contributed by atoms with E-state index < -0.39 is 0 Å². The van der Waals surface area contributed by atoms with Crippen LogP contribution in [0, 0.1) is 6.92 Å². The second-order valence-corrected chi connectivity index (χ2v) is 6.93. The molecule has 1 atom stereocenters. The van der Waals surface area contributed by atoms with Crippen molar-refractivity contribution in [2.45, 2.75) is 32.7 Å². The van der Waals surface area contributed by atoms with E-state index in [0.29, 0.717) is 13.0 Å². The molecule has 1 aromatic heterocycles. The van der Waals surface area contributed by atoms with Crippen LogP contribution in [-0.2, 0) is 17.6 Å². The molecule has 24 heavy (non-hydrogen) atoms. The first-order valence-corrected chi connectivity index (χ1v) is 8.77. The van der Waals surface area contributed by atoms with Crippen LogP contribution >= 0.6 is 11.3 Å². The van der Waals surface area contributed by atoms with E-state index in [1.54, 1.807) is 11.3 Å². The normalized spacial score (nSPS) is 14.0. The molecule has 0 fully saturated rings. The van der Waals surface area contributed by atoms with Gasteiger partial charge < -0.3 is 16.0 Å². The lowest BCUT2D eigenvalue weighted by molar-refractivity contribution is -0.115. The monoisotopic (exact) mass is 344 g/mol. The van der Waals surface area contributed by atoms with Gasteiger partial charge in [0.25, 0.3) is 0 Å².